The van der Waals surface area contributed by atoms with Crippen LogP contribution in [0.1, 0.15) is 67.6 Å². The molecular weight excluding hydrogens is 633 g/mol. The number of guanidine groups is 1. The number of amidine groups is 1. The lowest BCUT2D eigenvalue weighted by atomic mass is 9.82. The van der Waals surface area contributed by atoms with Gasteiger partial charge in [-0.3, -0.25) is 24.8 Å². The number of aliphatic carboxylic acids is 1. The van der Waals surface area contributed by atoms with Crippen LogP contribution in [0.25, 0.3) is 0 Å². The Morgan fingerprint density at radius 2 is 1.48 bits per heavy atom. The fourth-order valence-corrected chi connectivity index (χ4v) is 5.27. The molecule has 1 fully saturated rings. The van der Waals surface area contributed by atoms with E-state index < -0.39 is 42.0 Å². The predicted molar refractivity (Wildman–Crippen MR) is 174 cm³/mol. The van der Waals surface area contributed by atoms with Crippen LogP contribution in [0.15, 0.2) is 59.6 Å². The Morgan fingerprint density at radius 3 is 1.98 bits per heavy atom. The van der Waals surface area contributed by atoms with E-state index in [9.17, 15) is 27.6 Å². The average molecular weight is 677 g/mol. The highest BCUT2D eigenvalue weighted by Gasteiger charge is 2.38. The number of nitrogen functional groups attached to an aromatic ring is 1. The van der Waals surface area contributed by atoms with Crippen molar-refractivity contribution in [3.05, 3.63) is 71.3 Å². The molecule has 48 heavy (non-hydrogen) atoms. The molecule has 0 heterocycles. The second-order valence-electron chi connectivity index (χ2n) is 11.4. The number of alkyl halides is 3. The number of carbonyl (C=O) groups excluding carboxylic acids is 3. The first-order valence-corrected chi connectivity index (χ1v) is 15.3. The lowest BCUT2D eigenvalue weighted by Gasteiger charge is -2.32. The van der Waals surface area contributed by atoms with Gasteiger partial charge in [0.25, 0.3) is 0 Å². The monoisotopic (exact) mass is 676 g/mol. The third kappa shape index (κ3) is 13.3. The zero-order chi connectivity index (χ0) is 35.9. The van der Waals surface area contributed by atoms with Gasteiger partial charge in [-0.1, -0.05) is 73.9 Å². The molecule has 3 atom stereocenters. The van der Waals surface area contributed by atoms with Crippen molar-refractivity contribution in [1.82, 2.24) is 10.6 Å². The number of halogens is 3. The molecule has 16 heteroatoms. The largest absolute Gasteiger partial charge is 0.490 e. The van der Waals surface area contributed by atoms with Crippen LogP contribution in [-0.4, -0.2) is 65.4 Å². The number of carboxylic acids is 1. The number of primary amides is 1. The van der Waals surface area contributed by atoms with Crippen molar-refractivity contribution in [3.8, 4) is 0 Å². The molecular formula is C32H43F3N8O5. The predicted octanol–water partition coefficient (Wildman–Crippen LogP) is 2.02. The molecule has 262 valence electrons. The summed E-state index contributed by atoms with van der Waals surface area (Å²) >= 11 is 0. The Labute approximate surface area is 276 Å². The molecule has 1 aliphatic rings. The summed E-state index contributed by atoms with van der Waals surface area (Å²) in [6, 6.07) is 14.9. The summed E-state index contributed by atoms with van der Waals surface area (Å²) < 4.78 is 31.7. The summed E-state index contributed by atoms with van der Waals surface area (Å²) in [5, 5.41) is 20.6. The molecule has 0 saturated heterocycles. The lowest BCUT2D eigenvalue weighted by Crippen LogP contribution is -2.56. The highest BCUT2D eigenvalue weighted by Crippen LogP contribution is 2.28. The van der Waals surface area contributed by atoms with E-state index >= 15 is 0 Å². The van der Waals surface area contributed by atoms with E-state index in [4.69, 9.17) is 38.2 Å². The van der Waals surface area contributed by atoms with Gasteiger partial charge < -0.3 is 38.7 Å². The first-order chi connectivity index (χ1) is 22.6. The van der Waals surface area contributed by atoms with Crippen LogP contribution < -0.4 is 33.6 Å². The molecule has 0 spiro atoms. The smallest absolute Gasteiger partial charge is 0.475 e. The number of carbonyl (C=O) groups is 4. The molecule has 1 unspecified atom stereocenters. The van der Waals surface area contributed by atoms with E-state index in [1.54, 1.807) is 12.1 Å². The van der Waals surface area contributed by atoms with Crippen LogP contribution in [0.5, 0.6) is 0 Å². The Morgan fingerprint density at radius 1 is 0.896 bits per heavy atom. The normalized spacial score (nSPS) is 15.0. The number of hydrogen-bond acceptors (Lipinski definition) is 6. The van der Waals surface area contributed by atoms with Crippen molar-refractivity contribution in [3.63, 3.8) is 0 Å². The summed E-state index contributed by atoms with van der Waals surface area (Å²) in [6.07, 6.45) is 0.632. The van der Waals surface area contributed by atoms with Gasteiger partial charge in [0.2, 0.25) is 17.7 Å². The maximum absolute atomic E-state index is 13.9. The third-order valence-electron chi connectivity index (χ3n) is 7.77. The van der Waals surface area contributed by atoms with Crippen LogP contribution in [0.4, 0.5) is 13.2 Å². The van der Waals surface area contributed by atoms with Crippen molar-refractivity contribution in [2.75, 3.05) is 6.54 Å². The van der Waals surface area contributed by atoms with Crippen LogP contribution in [-0.2, 0) is 25.6 Å². The van der Waals surface area contributed by atoms with E-state index in [1.807, 2.05) is 42.5 Å². The summed E-state index contributed by atoms with van der Waals surface area (Å²) in [5.74, 6) is -4.82. The van der Waals surface area contributed by atoms with Crippen molar-refractivity contribution >= 4 is 35.5 Å². The third-order valence-corrected chi connectivity index (χ3v) is 7.77. The van der Waals surface area contributed by atoms with Gasteiger partial charge in [0.1, 0.15) is 17.9 Å². The Kier molecular flexibility index (Phi) is 15.3. The highest BCUT2D eigenvalue weighted by atomic mass is 19.4. The molecule has 2 aromatic carbocycles. The van der Waals surface area contributed by atoms with Crippen LogP contribution in [0.3, 0.4) is 0 Å². The number of nitrogens with two attached hydrogens (primary N) is 4. The van der Waals surface area contributed by atoms with Gasteiger partial charge in [-0.2, -0.15) is 13.2 Å². The van der Waals surface area contributed by atoms with Crippen molar-refractivity contribution < 1.29 is 37.5 Å². The summed E-state index contributed by atoms with van der Waals surface area (Å²) in [4.78, 5) is 52.5. The van der Waals surface area contributed by atoms with Gasteiger partial charge in [0.05, 0.1) is 5.92 Å². The van der Waals surface area contributed by atoms with Gasteiger partial charge in [-0.15, -0.1) is 0 Å². The number of amides is 3. The maximum Gasteiger partial charge on any atom is 0.490 e. The molecule has 13 nitrogen and oxygen atoms in total. The second kappa shape index (κ2) is 18.9. The van der Waals surface area contributed by atoms with E-state index in [0.717, 1.165) is 43.2 Å². The zero-order valence-electron chi connectivity index (χ0n) is 26.3. The summed E-state index contributed by atoms with van der Waals surface area (Å²) in [7, 11) is 0. The molecule has 0 aliphatic heterocycles. The first kappa shape index (κ1) is 39.0. The number of carboxylic acid groups (broad SMARTS) is 1. The van der Waals surface area contributed by atoms with Crippen molar-refractivity contribution in [2.24, 2.45) is 33.8 Å². The number of nitrogens with zero attached hydrogens (tertiary/aromatic N) is 1. The topological polar surface area (TPSA) is 253 Å². The number of hydrogen-bond donors (Lipinski definition) is 8. The molecule has 3 rings (SSSR count). The first-order valence-electron chi connectivity index (χ1n) is 15.3. The summed E-state index contributed by atoms with van der Waals surface area (Å²) in [5.41, 5.74) is 24.2. The van der Waals surface area contributed by atoms with Crippen molar-refractivity contribution in [1.29, 1.82) is 5.41 Å². The Bertz CT molecular complexity index is 1410. The van der Waals surface area contributed by atoms with Gasteiger partial charge in [0.15, 0.2) is 5.96 Å². The van der Waals surface area contributed by atoms with E-state index in [2.05, 4.69) is 15.6 Å². The lowest BCUT2D eigenvalue weighted by molar-refractivity contribution is -0.192. The SMILES string of the molecule is N=C(N)c1ccc(C[C@H](C(=O)N[C@H](C(=O)NC(CCCN=C(N)N)C(N)=O)C2CCCCC2)c2ccccc2)cc1.O=C(O)C(F)(F)F. The fraction of sp³-hybridized carbons (Fsp3) is 0.438. The molecule has 12 N–H and O–H groups in total. The number of nitrogens with one attached hydrogen (secondary N) is 3. The number of rotatable bonds is 14. The Balaban J connectivity index is 0.00000103. The van der Waals surface area contributed by atoms with E-state index in [0.29, 0.717) is 24.9 Å². The average Bonchev–Trinajstić information content (AvgIpc) is 3.04. The minimum Gasteiger partial charge on any atom is -0.475 e. The van der Waals surface area contributed by atoms with Crippen LogP contribution >= 0.6 is 0 Å². The highest BCUT2D eigenvalue weighted by molar-refractivity contribution is 5.95. The maximum atomic E-state index is 13.9. The van der Waals surface area contributed by atoms with Gasteiger partial charge in [0, 0.05) is 12.1 Å². The molecule has 0 aromatic heterocycles. The van der Waals surface area contributed by atoms with Gasteiger partial charge >= 0.3 is 12.1 Å². The summed E-state index contributed by atoms with van der Waals surface area (Å²) in [6.45, 7) is 0.303. The molecule has 1 saturated carbocycles. The van der Waals surface area contributed by atoms with Crippen molar-refractivity contribution in [2.45, 2.75) is 75.5 Å². The fourth-order valence-electron chi connectivity index (χ4n) is 5.27. The minimum atomic E-state index is -5.08. The van der Waals surface area contributed by atoms with Gasteiger partial charge in [-0.25, -0.2) is 4.79 Å². The standard InChI is InChI=1S/C30H42N8O3.C2HF3O2/c31-26(32)22-15-13-19(14-16-22)18-23(20-8-3-1-4-9-20)28(40)38-25(21-10-5-2-6-11-21)29(41)37-24(27(33)39)12-7-17-36-30(34)35;3-2(4,5)1(6)7/h1,3-4,8-9,13-16,21,23-25H,2,5-7,10-12,17-18H2,(H3,31,32)(H2,33,39)(H,37,41)(H,38,40)(H4,34,35,36);(H,6,7)/t23-,24?,25-;/m0./s1. The van der Waals surface area contributed by atoms with E-state index in [1.165, 1.54) is 0 Å². The molecule has 0 bridgehead atoms. The number of aliphatic imine (C=N–C) groups is 1. The minimum absolute atomic E-state index is 0.0271. The quantitative estimate of drug-likeness (QED) is 0.0833. The van der Waals surface area contributed by atoms with Gasteiger partial charge in [-0.05, 0) is 49.1 Å². The second-order valence-corrected chi connectivity index (χ2v) is 11.4. The molecule has 2 aromatic rings. The molecule has 3 amide bonds. The molecule has 1 aliphatic carbocycles. The number of benzene rings is 2. The molecule has 0 radical (unpaired) electrons. The van der Waals surface area contributed by atoms with Crippen LogP contribution in [0, 0.1) is 11.3 Å². The van der Waals surface area contributed by atoms with Crippen LogP contribution in [0.2, 0.25) is 0 Å². The Hall–Kier alpha value is -5.15. The van der Waals surface area contributed by atoms with E-state index in [-0.39, 0.29) is 30.0 Å². The zero-order valence-corrected chi connectivity index (χ0v) is 26.3.